The van der Waals surface area contributed by atoms with Crippen molar-refractivity contribution < 1.29 is 14.4 Å². The van der Waals surface area contributed by atoms with Crippen molar-refractivity contribution in [1.82, 2.24) is 10.2 Å². The third-order valence-electron chi connectivity index (χ3n) is 5.40. The van der Waals surface area contributed by atoms with Gasteiger partial charge in [-0.2, -0.15) is 0 Å². The number of likely N-dealkylation sites (tertiary alicyclic amines) is 1. The quantitative estimate of drug-likeness (QED) is 0.621. The predicted molar refractivity (Wildman–Crippen MR) is 123 cm³/mol. The van der Waals surface area contributed by atoms with Gasteiger partial charge in [-0.3, -0.25) is 14.4 Å². The number of carbonyl (C=O) groups is 3. The van der Waals surface area contributed by atoms with Gasteiger partial charge in [0.25, 0.3) is 5.91 Å². The number of anilines is 2. The van der Waals surface area contributed by atoms with Crippen LogP contribution in [0.1, 0.15) is 42.5 Å². The van der Waals surface area contributed by atoms with Gasteiger partial charge in [0.15, 0.2) is 0 Å². The topological polar surface area (TPSA) is 108 Å². The van der Waals surface area contributed by atoms with Crippen molar-refractivity contribution in [3.8, 4) is 0 Å². The lowest BCUT2D eigenvalue weighted by Gasteiger charge is -2.36. The normalized spacial score (nSPS) is 18.2. The summed E-state index contributed by atoms with van der Waals surface area (Å²) in [4.78, 5) is 40.7. The summed E-state index contributed by atoms with van der Waals surface area (Å²) in [7, 11) is 1.94. The molecule has 3 amide bonds. The second kappa shape index (κ2) is 12.0. The molecular weight excluding hydrogens is 429 g/mol. The second-order valence-corrected chi connectivity index (χ2v) is 7.44. The highest BCUT2D eigenvalue weighted by Gasteiger charge is 2.28. The van der Waals surface area contributed by atoms with Crippen LogP contribution in [0.3, 0.4) is 0 Å². The van der Waals surface area contributed by atoms with Gasteiger partial charge < -0.3 is 26.2 Å². The third kappa shape index (κ3) is 6.23. The van der Waals surface area contributed by atoms with Crippen molar-refractivity contribution in [3.05, 3.63) is 23.8 Å². The zero-order chi connectivity index (χ0) is 20.1. The molecule has 2 aliphatic rings. The van der Waals surface area contributed by atoms with Gasteiger partial charge in [-0.15, -0.1) is 24.8 Å². The zero-order valence-electron chi connectivity index (χ0n) is 17.2. The van der Waals surface area contributed by atoms with Crippen molar-refractivity contribution in [2.75, 3.05) is 43.4 Å². The molecule has 10 heteroatoms. The number of rotatable bonds is 5. The standard InChI is InChI=1S/C20H29N5O3.2ClH/c1-24-11-8-19(27)23-16-12-14(5-6-17(16)24)20(28)25-10-3-2-4-15(25)13-22-18(26)7-9-21;;/h5-6,12,15H,2-4,7-11,13,21H2,1H3,(H,22,26)(H,23,27);2*1H. The molecule has 0 aromatic heterocycles. The van der Waals surface area contributed by atoms with Gasteiger partial charge >= 0.3 is 0 Å². The Kier molecular flexibility index (Phi) is 10.4. The molecule has 8 nitrogen and oxygen atoms in total. The molecule has 30 heavy (non-hydrogen) atoms. The number of nitrogens with zero attached hydrogens (tertiary/aromatic N) is 2. The van der Waals surface area contributed by atoms with Crippen LogP contribution in [0.4, 0.5) is 11.4 Å². The molecule has 168 valence electrons. The highest BCUT2D eigenvalue weighted by Crippen LogP contribution is 2.30. The molecule has 1 atom stereocenters. The van der Waals surface area contributed by atoms with E-state index in [9.17, 15) is 14.4 Å². The highest BCUT2D eigenvalue weighted by atomic mass is 35.5. The van der Waals surface area contributed by atoms with Gasteiger partial charge in [0, 0.05) is 57.7 Å². The first-order chi connectivity index (χ1) is 13.5. The van der Waals surface area contributed by atoms with Gasteiger partial charge in [-0.1, -0.05) is 0 Å². The Bertz CT molecular complexity index is 762. The third-order valence-corrected chi connectivity index (χ3v) is 5.40. The maximum Gasteiger partial charge on any atom is 0.254 e. The molecule has 1 fully saturated rings. The van der Waals surface area contributed by atoms with Crippen molar-refractivity contribution in [2.24, 2.45) is 5.73 Å². The number of amides is 3. The molecule has 0 saturated carbocycles. The number of halogens is 2. The van der Waals surface area contributed by atoms with Crippen LogP contribution >= 0.6 is 24.8 Å². The SMILES string of the molecule is CN1CCC(=O)Nc2cc(C(=O)N3CCCCC3CNC(=O)CCN)ccc21.Cl.Cl. The van der Waals surface area contributed by atoms with Crippen LogP contribution in [0.25, 0.3) is 0 Å². The average molecular weight is 460 g/mol. The minimum atomic E-state index is -0.0868. The zero-order valence-corrected chi connectivity index (χ0v) is 18.8. The van der Waals surface area contributed by atoms with E-state index in [0.29, 0.717) is 50.3 Å². The maximum atomic E-state index is 13.2. The summed E-state index contributed by atoms with van der Waals surface area (Å²) < 4.78 is 0. The number of nitrogens with one attached hydrogen (secondary N) is 2. The summed E-state index contributed by atoms with van der Waals surface area (Å²) in [6, 6.07) is 5.43. The van der Waals surface area contributed by atoms with Gasteiger partial charge in [0.1, 0.15) is 0 Å². The smallest absolute Gasteiger partial charge is 0.254 e. The Labute approximate surface area is 189 Å². The van der Waals surface area contributed by atoms with Gasteiger partial charge in [0.2, 0.25) is 11.8 Å². The van der Waals surface area contributed by atoms with E-state index in [2.05, 4.69) is 10.6 Å². The lowest BCUT2D eigenvalue weighted by molar-refractivity contribution is -0.121. The molecule has 2 heterocycles. The Morgan fingerprint density at radius 1 is 1.23 bits per heavy atom. The Morgan fingerprint density at radius 2 is 2.00 bits per heavy atom. The number of nitrogens with two attached hydrogens (primary N) is 1. The fourth-order valence-corrected chi connectivity index (χ4v) is 3.80. The summed E-state index contributed by atoms with van der Waals surface area (Å²) in [6.07, 6.45) is 3.55. The van der Waals surface area contributed by atoms with E-state index >= 15 is 0 Å². The van der Waals surface area contributed by atoms with Crippen LogP contribution in [0, 0.1) is 0 Å². The van der Waals surface area contributed by atoms with E-state index in [1.165, 1.54) is 0 Å². The van der Waals surface area contributed by atoms with Crippen molar-refractivity contribution in [3.63, 3.8) is 0 Å². The lowest BCUT2D eigenvalue weighted by atomic mass is 10.00. The monoisotopic (exact) mass is 459 g/mol. The molecule has 1 aromatic rings. The van der Waals surface area contributed by atoms with Crippen LogP contribution in [0.5, 0.6) is 0 Å². The van der Waals surface area contributed by atoms with E-state index in [0.717, 1.165) is 24.9 Å². The van der Waals surface area contributed by atoms with Gasteiger partial charge in [0.05, 0.1) is 11.4 Å². The lowest BCUT2D eigenvalue weighted by Crippen LogP contribution is -2.49. The largest absolute Gasteiger partial charge is 0.372 e. The van der Waals surface area contributed by atoms with E-state index in [-0.39, 0.29) is 48.6 Å². The van der Waals surface area contributed by atoms with Crippen molar-refractivity contribution >= 4 is 53.9 Å². The van der Waals surface area contributed by atoms with Crippen LogP contribution in [-0.2, 0) is 9.59 Å². The molecule has 0 spiro atoms. The highest BCUT2D eigenvalue weighted by molar-refractivity contribution is 6.01. The minimum absolute atomic E-state index is 0. The molecule has 4 N–H and O–H groups in total. The fraction of sp³-hybridized carbons (Fsp3) is 0.550. The van der Waals surface area contributed by atoms with Crippen LogP contribution in [0.15, 0.2) is 18.2 Å². The molecule has 0 aliphatic carbocycles. The molecule has 1 aromatic carbocycles. The number of hydrogen-bond acceptors (Lipinski definition) is 5. The molecule has 1 unspecified atom stereocenters. The summed E-state index contributed by atoms with van der Waals surface area (Å²) >= 11 is 0. The molecular formula is C20H31Cl2N5O3. The number of carbonyl (C=O) groups excluding carboxylic acids is 3. The van der Waals surface area contributed by atoms with E-state index in [1.54, 1.807) is 6.07 Å². The Hall–Kier alpha value is -2.03. The first kappa shape index (κ1) is 26.0. The van der Waals surface area contributed by atoms with E-state index in [4.69, 9.17) is 5.73 Å². The molecule has 0 radical (unpaired) electrons. The second-order valence-electron chi connectivity index (χ2n) is 7.44. The van der Waals surface area contributed by atoms with Gasteiger partial charge in [-0.25, -0.2) is 0 Å². The predicted octanol–water partition coefficient (Wildman–Crippen LogP) is 1.77. The number of piperidine rings is 1. The summed E-state index contributed by atoms with van der Waals surface area (Å²) in [5.41, 5.74) is 7.54. The van der Waals surface area contributed by atoms with Gasteiger partial charge in [-0.05, 0) is 37.5 Å². The molecule has 0 bridgehead atoms. The maximum absolute atomic E-state index is 13.2. The van der Waals surface area contributed by atoms with E-state index in [1.807, 2.05) is 29.0 Å². The van der Waals surface area contributed by atoms with E-state index < -0.39 is 0 Å². The van der Waals surface area contributed by atoms with Crippen LogP contribution < -0.4 is 21.3 Å². The molecule has 1 saturated heterocycles. The molecule has 3 rings (SSSR count). The van der Waals surface area contributed by atoms with Crippen molar-refractivity contribution in [1.29, 1.82) is 0 Å². The summed E-state index contributed by atoms with van der Waals surface area (Å²) in [6.45, 7) is 2.06. The average Bonchev–Trinajstić information content (AvgIpc) is 2.84. The Balaban J connectivity index is 0.00000225. The number of benzene rings is 1. The molecule has 2 aliphatic heterocycles. The Morgan fingerprint density at radius 3 is 2.73 bits per heavy atom. The number of hydrogen-bond donors (Lipinski definition) is 3. The summed E-state index contributed by atoms with van der Waals surface area (Å²) in [5.74, 6) is -0.202. The van der Waals surface area contributed by atoms with Crippen molar-refractivity contribution in [2.45, 2.75) is 38.1 Å². The van der Waals surface area contributed by atoms with Crippen LogP contribution in [0.2, 0.25) is 0 Å². The minimum Gasteiger partial charge on any atom is -0.372 e. The first-order valence-corrected chi connectivity index (χ1v) is 9.92. The fourth-order valence-electron chi connectivity index (χ4n) is 3.80. The summed E-state index contributed by atoms with van der Waals surface area (Å²) in [5, 5.41) is 5.78. The number of fused-ring (bicyclic) bond motifs is 1. The first-order valence-electron chi connectivity index (χ1n) is 9.92. The van der Waals surface area contributed by atoms with Crippen LogP contribution in [-0.4, -0.2) is 61.9 Å².